The van der Waals surface area contributed by atoms with Crippen molar-refractivity contribution in [3.63, 3.8) is 0 Å². The highest BCUT2D eigenvalue weighted by molar-refractivity contribution is 6.00. The topological polar surface area (TPSA) is 82.7 Å². The van der Waals surface area contributed by atoms with Crippen molar-refractivity contribution in [3.05, 3.63) is 22.5 Å². The summed E-state index contributed by atoms with van der Waals surface area (Å²) in [5, 5.41) is 0. The van der Waals surface area contributed by atoms with Crippen LogP contribution in [0.2, 0.25) is 0 Å². The van der Waals surface area contributed by atoms with E-state index >= 15 is 0 Å². The first-order chi connectivity index (χ1) is 15.3. The van der Waals surface area contributed by atoms with E-state index in [4.69, 9.17) is 4.74 Å². The molecule has 4 bridgehead atoms. The summed E-state index contributed by atoms with van der Waals surface area (Å²) in [7, 11) is 0. The summed E-state index contributed by atoms with van der Waals surface area (Å²) in [4.78, 5) is 46.0. The van der Waals surface area contributed by atoms with Crippen LogP contribution in [-0.2, 0) is 9.53 Å². The Morgan fingerprint density at radius 3 is 2.00 bits per heavy atom. The Bertz CT molecular complexity index is 906. The van der Waals surface area contributed by atoms with Gasteiger partial charge in [0.2, 0.25) is 5.91 Å². The van der Waals surface area contributed by atoms with Crippen molar-refractivity contribution in [2.24, 2.45) is 23.2 Å². The zero-order valence-electron chi connectivity index (χ0n) is 19.5. The van der Waals surface area contributed by atoms with E-state index in [-0.39, 0.29) is 11.3 Å². The molecule has 2 amide bonds. The maximum Gasteiger partial charge on any atom is 0.340 e. The largest absolute Gasteiger partial charge is 0.462 e. The van der Waals surface area contributed by atoms with Gasteiger partial charge in [0, 0.05) is 31.9 Å². The molecule has 1 saturated heterocycles. The third kappa shape index (κ3) is 3.44. The molecule has 0 spiro atoms. The molecule has 4 aliphatic carbocycles. The number of amides is 2. The molecule has 0 atom stereocenters. The van der Waals surface area contributed by atoms with Crippen LogP contribution in [0, 0.1) is 37.0 Å². The van der Waals surface area contributed by atoms with E-state index < -0.39 is 5.97 Å². The van der Waals surface area contributed by atoms with Gasteiger partial charge >= 0.3 is 5.97 Å². The predicted molar refractivity (Wildman–Crippen MR) is 119 cm³/mol. The summed E-state index contributed by atoms with van der Waals surface area (Å²) in [5.41, 5.74) is 2.07. The molecule has 1 N–H and O–H groups in total. The predicted octanol–water partition coefficient (Wildman–Crippen LogP) is 3.31. The van der Waals surface area contributed by atoms with Gasteiger partial charge in [-0.25, -0.2) is 4.79 Å². The van der Waals surface area contributed by atoms with Gasteiger partial charge in [0.05, 0.1) is 17.6 Å². The summed E-state index contributed by atoms with van der Waals surface area (Å²) >= 11 is 0. The molecule has 0 unspecified atom stereocenters. The summed E-state index contributed by atoms with van der Waals surface area (Å²) in [6.07, 6.45) is 7.23. The second-order valence-electron chi connectivity index (χ2n) is 10.6. The SMILES string of the molecule is CCOC(=O)c1c(C)[nH]c(C(=O)N2CCN(C(=O)C34CC5CC(CC(C5)C3)C4)CC2)c1C. The summed E-state index contributed by atoms with van der Waals surface area (Å²) in [6, 6.07) is 0. The Balaban J connectivity index is 1.25. The number of rotatable bonds is 4. The molecule has 32 heavy (non-hydrogen) atoms. The van der Waals surface area contributed by atoms with Gasteiger partial charge < -0.3 is 19.5 Å². The van der Waals surface area contributed by atoms with Crippen LogP contribution >= 0.6 is 0 Å². The van der Waals surface area contributed by atoms with Crippen LogP contribution in [-0.4, -0.2) is 65.4 Å². The van der Waals surface area contributed by atoms with E-state index in [2.05, 4.69) is 4.98 Å². The molecule has 1 aliphatic heterocycles. The average molecular weight is 442 g/mol. The standard InChI is InChI=1S/C25H35N3O4/c1-4-32-23(30)20-15(2)21(26-16(20)3)22(29)27-5-7-28(8-6-27)24(31)25-12-17-9-18(13-25)11-19(10-17)14-25/h17-19,26H,4-14H2,1-3H3. The highest BCUT2D eigenvalue weighted by atomic mass is 16.5. The van der Waals surface area contributed by atoms with Gasteiger partial charge in [-0.05, 0) is 82.6 Å². The first-order valence-electron chi connectivity index (χ1n) is 12.3. The molecular formula is C25H35N3O4. The Morgan fingerprint density at radius 2 is 1.47 bits per heavy atom. The van der Waals surface area contributed by atoms with Crippen molar-refractivity contribution in [2.45, 2.75) is 59.3 Å². The number of nitrogens with one attached hydrogen (secondary N) is 1. The van der Waals surface area contributed by atoms with Gasteiger partial charge in [0.1, 0.15) is 5.69 Å². The van der Waals surface area contributed by atoms with Crippen molar-refractivity contribution in [1.29, 1.82) is 0 Å². The smallest absolute Gasteiger partial charge is 0.340 e. The highest BCUT2D eigenvalue weighted by Crippen LogP contribution is 2.60. The quantitative estimate of drug-likeness (QED) is 0.727. The van der Waals surface area contributed by atoms with Gasteiger partial charge in [-0.1, -0.05) is 0 Å². The zero-order valence-corrected chi connectivity index (χ0v) is 19.5. The van der Waals surface area contributed by atoms with E-state index in [1.54, 1.807) is 25.7 Å². The lowest BCUT2D eigenvalue weighted by molar-refractivity contribution is -0.159. The maximum atomic E-state index is 13.6. The number of aromatic amines is 1. The van der Waals surface area contributed by atoms with E-state index in [1.165, 1.54) is 19.3 Å². The fourth-order valence-electron chi connectivity index (χ4n) is 7.45. The van der Waals surface area contributed by atoms with E-state index in [0.717, 1.165) is 37.0 Å². The van der Waals surface area contributed by atoms with Crippen LogP contribution in [0.1, 0.15) is 77.6 Å². The van der Waals surface area contributed by atoms with Crippen molar-refractivity contribution >= 4 is 17.8 Å². The fourth-order valence-corrected chi connectivity index (χ4v) is 7.45. The van der Waals surface area contributed by atoms with Crippen LogP contribution in [0.4, 0.5) is 0 Å². The van der Waals surface area contributed by atoms with Crippen molar-refractivity contribution < 1.29 is 19.1 Å². The third-order valence-electron chi connectivity index (χ3n) is 8.48. The Labute approximate surface area is 189 Å². The Hall–Kier alpha value is -2.31. The normalized spacial score (nSPS) is 31.2. The number of ether oxygens (including phenoxy) is 1. The molecule has 5 fully saturated rings. The van der Waals surface area contributed by atoms with Crippen LogP contribution in [0.3, 0.4) is 0 Å². The molecule has 5 aliphatic rings. The Kier molecular flexibility index (Phi) is 5.33. The molecule has 6 rings (SSSR count). The van der Waals surface area contributed by atoms with Crippen LogP contribution in [0.5, 0.6) is 0 Å². The minimum absolute atomic E-state index is 0.108. The van der Waals surface area contributed by atoms with Crippen molar-refractivity contribution in [2.75, 3.05) is 32.8 Å². The number of piperazine rings is 1. The van der Waals surface area contributed by atoms with Gasteiger partial charge in [-0.15, -0.1) is 0 Å². The zero-order chi connectivity index (χ0) is 22.6. The molecule has 7 heteroatoms. The van der Waals surface area contributed by atoms with Crippen molar-refractivity contribution in [3.8, 4) is 0 Å². The third-order valence-corrected chi connectivity index (χ3v) is 8.48. The number of carbonyl (C=O) groups excluding carboxylic acids is 3. The number of nitrogens with zero attached hydrogens (tertiary/aromatic N) is 2. The van der Waals surface area contributed by atoms with Gasteiger partial charge in [0.25, 0.3) is 5.91 Å². The van der Waals surface area contributed by atoms with Crippen LogP contribution < -0.4 is 0 Å². The lowest BCUT2D eigenvalue weighted by atomic mass is 9.49. The summed E-state index contributed by atoms with van der Waals surface area (Å²) < 4.78 is 5.14. The molecule has 1 aromatic heterocycles. The molecule has 174 valence electrons. The Morgan fingerprint density at radius 1 is 0.938 bits per heavy atom. The number of hydrogen-bond acceptors (Lipinski definition) is 4. The first kappa shape index (κ1) is 21.5. The van der Waals surface area contributed by atoms with E-state index in [0.29, 0.717) is 61.2 Å². The monoisotopic (exact) mass is 441 g/mol. The molecule has 2 heterocycles. The second-order valence-corrected chi connectivity index (χ2v) is 10.6. The lowest BCUT2D eigenvalue weighted by Gasteiger charge is -2.57. The molecule has 0 radical (unpaired) electrons. The number of aromatic nitrogens is 1. The highest BCUT2D eigenvalue weighted by Gasteiger charge is 2.55. The fraction of sp³-hybridized carbons (Fsp3) is 0.720. The van der Waals surface area contributed by atoms with Gasteiger partial charge in [-0.3, -0.25) is 9.59 Å². The molecule has 0 aromatic carbocycles. The molecular weight excluding hydrogens is 406 g/mol. The number of esters is 1. The number of hydrogen-bond donors (Lipinski definition) is 1. The lowest BCUT2D eigenvalue weighted by Crippen LogP contribution is -2.58. The minimum atomic E-state index is -0.399. The second kappa shape index (κ2) is 7.92. The molecule has 1 aromatic rings. The maximum absolute atomic E-state index is 13.6. The molecule has 7 nitrogen and oxygen atoms in total. The van der Waals surface area contributed by atoms with Gasteiger partial charge in [0.15, 0.2) is 0 Å². The van der Waals surface area contributed by atoms with E-state index in [1.807, 2.05) is 4.90 Å². The van der Waals surface area contributed by atoms with Gasteiger partial charge in [-0.2, -0.15) is 0 Å². The summed E-state index contributed by atoms with van der Waals surface area (Å²) in [6.45, 7) is 7.89. The number of H-pyrrole nitrogens is 1. The van der Waals surface area contributed by atoms with Crippen LogP contribution in [0.15, 0.2) is 0 Å². The average Bonchev–Trinajstić information content (AvgIpc) is 3.06. The van der Waals surface area contributed by atoms with Crippen LogP contribution in [0.25, 0.3) is 0 Å². The first-order valence-corrected chi connectivity index (χ1v) is 12.3. The number of aryl methyl sites for hydroxylation is 1. The minimum Gasteiger partial charge on any atom is -0.462 e. The van der Waals surface area contributed by atoms with E-state index in [9.17, 15) is 14.4 Å². The summed E-state index contributed by atoms with van der Waals surface area (Å²) in [5.74, 6) is 2.09. The van der Waals surface area contributed by atoms with Crippen molar-refractivity contribution in [1.82, 2.24) is 14.8 Å². The molecule has 4 saturated carbocycles. The number of carbonyl (C=O) groups is 3.